The molecule has 3 unspecified atom stereocenters. The number of oxime groups is 1. The van der Waals surface area contributed by atoms with Gasteiger partial charge in [-0.05, 0) is 12.5 Å². The molecular formula is C20H23N5O7S2. The van der Waals surface area contributed by atoms with E-state index in [1.165, 1.54) is 37.6 Å². The van der Waals surface area contributed by atoms with Crippen molar-refractivity contribution in [2.75, 3.05) is 18.6 Å². The number of hydrogen-bond acceptors (Lipinski definition) is 12. The van der Waals surface area contributed by atoms with E-state index < -0.39 is 41.5 Å². The molecule has 1 saturated heterocycles. The second kappa shape index (κ2) is 10.7. The number of amides is 2. The number of thioether (sulfide) groups is 1. The molecule has 0 aliphatic carbocycles. The van der Waals surface area contributed by atoms with E-state index in [4.69, 9.17) is 20.0 Å². The van der Waals surface area contributed by atoms with Crippen molar-refractivity contribution in [1.29, 1.82) is 0 Å². The van der Waals surface area contributed by atoms with Crippen LogP contribution in [0.4, 0.5) is 5.13 Å². The maximum atomic E-state index is 13.0. The van der Waals surface area contributed by atoms with Crippen LogP contribution in [0.2, 0.25) is 0 Å². The molecule has 34 heavy (non-hydrogen) atoms. The van der Waals surface area contributed by atoms with Crippen molar-refractivity contribution < 1.29 is 33.5 Å². The molecule has 14 heteroatoms. The number of β-lactam (4-membered cyclic amide) rings is 1. The van der Waals surface area contributed by atoms with Gasteiger partial charge in [-0.15, -0.1) is 23.1 Å². The first-order chi connectivity index (χ1) is 16.2. The molecule has 3 N–H and O–H groups in total. The van der Waals surface area contributed by atoms with Crippen LogP contribution >= 0.6 is 23.1 Å². The predicted octanol–water partition coefficient (Wildman–Crippen LogP) is 0.758. The molecule has 0 saturated carbocycles. The van der Waals surface area contributed by atoms with Crippen LogP contribution < -0.4 is 11.1 Å². The lowest BCUT2D eigenvalue weighted by Crippen LogP contribution is -2.71. The summed E-state index contributed by atoms with van der Waals surface area (Å²) < 4.78 is 10.1. The van der Waals surface area contributed by atoms with Gasteiger partial charge in [-0.25, -0.2) is 9.78 Å². The predicted molar refractivity (Wildman–Crippen MR) is 124 cm³/mol. The molecule has 0 spiro atoms. The lowest BCUT2D eigenvalue weighted by Gasteiger charge is -2.49. The Morgan fingerprint density at radius 2 is 2.12 bits per heavy atom. The van der Waals surface area contributed by atoms with E-state index >= 15 is 0 Å². The summed E-state index contributed by atoms with van der Waals surface area (Å²) in [6, 6.07) is -0.920. The summed E-state index contributed by atoms with van der Waals surface area (Å²) in [5.74, 6) is -2.22. The Labute approximate surface area is 203 Å². The van der Waals surface area contributed by atoms with Gasteiger partial charge in [-0.1, -0.05) is 17.3 Å². The summed E-state index contributed by atoms with van der Waals surface area (Å²) in [5.41, 5.74) is 6.32. The van der Waals surface area contributed by atoms with E-state index in [1.807, 2.05) is 0 Å². The second-order valence-electron chi connectivity index (χ2n) is 7.01. The summed E-state index contributed by atoms with van der Waals surface area (Å²) in [6.07, 6.45) is 2.30. The Bertz CT molecular complexity index is 1100. The van der Waals surface area contributed by atoms with Gasteiger partial charge in [0, 0.05) is 25.0 Å². The van der Waals surface area contributed by atoms with E-state index in [0.29, 0.717) is 11.3 Å². The van der Waals surface area contributed by atoms with Gasteiger partial charge >= 0.3 is 11.9 Å². The number of aromatic nitrogens is 1. The quantitative estimate of drug-likeness (QED) is 0.168. The Hall–Kier alpha value is -3.39. The number of ether oxygens (including phenoxy) is 2. The fourth-order valence-electron chi connectivity index (χ4n) is 3.33. The number of thiazole rings is 1. The number of esters is 2. The molecule has 2 aliphatic heterocycles. The van der Waals surface area contributed by atoms with Crippen LogP contribution in [0.25, 0.3) is 0 Å². The first-order valence-corrected chi connectivity index (χ1v) is 11.9. The minimum atomic E-state index is -1.14. The zero-order valence-corrected chi connectivity index (χ0v) is 20.4. The Morgan fingerprint density at radius 1 is 1.38 bits per heavy atom. The molecule has 0 aromatic carbocycles. The SMILES string of the molecule is C/C=C\C1=C(C(=O)OC(C)OC(C)=O)N2C(=O)C(NC(=O)/C(=N\OC)c3csc(N)n3)C2SC1. The molecule has 1 fully saturated rings. The van der Waals surface area contributed by atoms with Gasteiger partial charge in [-0.3, -0.25) is 19.3 Å². The molecular weight excluding hydrogens is 486 g/mol. The fourth-order valence-corrected chi connectivity index (χ4v) is 5.19. The smallest absolute Gasteiger partial charge is 0.358 e. The second-order valence-corrected chi connectivity index (χ2v) is 9.01. The average molecular weight is 510 g/mol. The highest BCUT2D eigenvalue weighted by atomic mass is 32.2. The van der Waals surface area contributed by atoms with E-state index in [-0.39, 0.29) is 22.2 Å². The van der Waals surface area contributed by atoms with Crippen molar-refractivity contribution in [2.24, 2.45) is 5.16 Å². The molecule has 2 aliphatic rings. The van der Waals surface area contributed by atoms with Crippen LogP contribution in [0.5, 0.6) is 0 Å². The van der Waals surface area contributed by atoms with E-state index in [2.05, 4.69) is 15.5 Å². The van der Waals surface area contributed by atoms with Crippen molar-refractivity contribution >= 4 is 57.7 Å². The molecule has 3 atom stereocenters. The zero-order chi connectivity index (χ0) is 25.0. The zero-order valence-electron chi connectivity index (χ0n) is 18.8. The number of nitrogens with two attached hydrogens (primary N) is 1. The number of rotatable bonds is 8. The minimum Gasteiger partial charge on any atom is -0.426 e. The van der Waals surface area contributed by atoms with Gasteiger partial charge in [0.05, 0.1) is 0 Å². The average Bonchev–Trinajstić information content (AvgIpc) is 3.20. The topological polar surface area (TPSA) is 163 Å². The van der Waals surface area contributed by atoms with Gasteiger partial charge in [0.25, 0.3) is 11.8 Å². The Morgan fingerprint density at radius 3 is 2.71 bits per heavy atom. The standard InChI is InChI=1S/C20H23N5O7S2/c1-5-6-11-7-33-18-14(23-16(27)13(24-30-4)12-8-34-20(21)22-12)17(28)25(18)15(11)19(29)32-10(3)31-9(2)26/h5-6,8,10,14,18H,7H2,1-4H3,(H2,21,22)(H,23,27)/b6-5-,24-13-. The Balaban J connectivity index is 1.79. The lowest BCUT2D eigenvalue weighted by molar-refractivity contribution is -0.182. The van der Waals surface area contributed by atoms with Crippen LogP contribution in [0.1, 0.15) is 26.5 Å². The highest BCUT2D eigenvalue weighted by Crippen LogP contribution is 2.41. The van der Waals surface area contributed by atoms with Crippen molar-refractivity contribution in [3.63, 3.8) is 0 Å². The maximum Gasteiger partial charge on any atom is 0.358 e. The maximum absolute atomic E-state index is 13.0. The number of anilines is 1. The van der Waals surface area contributed by atoms with Gasteiger partial charge in [0.1, 0.15) is 29.9 Å². The summed E-state index contributed by atoms with van der Waals surface area (Å²) in [6.45, 7) is 4.36. The van der Waals surface area contributed by atoms with E-state index in [9.17, 15) is 19.2 Å². The lowest BCUT2D eigenvalue weighted by atomic mass is 10.0. The van der Waals surface area contributed by atoms with Crippen LogP contribution in [-0.2, 0) is 33.5 Å². The van der Waals surface area contributed by atoms with Crippen molar-refractivity contribution in [3.05, 3.63) is 34.5 Å². The Kier molecular flexibility index (Phi) is 7.94. The number of fused-ring (bicyclic) bond motifs is 1. The van der Waals surface area contributed by atoms with Gasteiger partial charge in [0.2, 0.25) is 6.29 Å². The van der Waals surface area contributed by atoms with Crippen molar-refractivity contribution in [2.45, 2.75) is 38.5 Å². The van der Waals surface area contributed by atoms with Gasteiger partial charge in [0.15, 0.2) is 10.8 Å². The van der Waals surface area contributed by atoms with E-state index in [1.54, 1.807) is 24.5 Å². The molecule has 3 heterocycles. The normalized spacial score (nSPS) is 21.0. The largest absolute Gasteiger partial charge is 0.426 e. The van der Waals surface area contributed by atoms with Crippen LogP contribution in [0.15, 0.2) is 34.0 Å². The van der Waals surface area contributed by atoms with Gasteiger partial charge < -0.3 is 25.4 Å². The summed E-state index contributed by atoms with van der Waals surface area (Å²) >= 11 is 2.50. The van der Waals surface area contributed by atoms with Crippen molar-refractivity contribution in [1.82, 2.24) is 15.2 Å². The molecule has 3 rings (SSSR count). The third kappa shape index (κ3) is 5.22. The summed E-state index contributed by atoms with van der Waals surface area (Å²) in [7, 11) is 1.28. The molecule has 1 aromatic rings. The summed E-state index contributed by atoms with van der Waals surface area (Å²) in [5, 5.41) is 7.58. The number of allylic oxidation sites excluding steroid dienone is 2. The number of carbonyl (C=O) groups excluding carboxylic acids is 4. The number of hydrogen-bond donors (Lipinski definition) is 2. The monoisotopic (exact) mass is 509 g/mol. The number of nitrogens with zero attached hydrogens (tertiary/aromatic N) is 3. The van der Waals surface area contributed by atoms with Crippen LogP contribution in [0.3, 0.4) is 0 Å². The van der Waals surface area contributed by atoms with Crippen molar-refractivity contribution in [3.8, 4) is 0 Å². The molecule has 182 valence electrons. The first kappa shape index (κ1) is 25.2. The number of nitrogens with one attached hydrogen (secondary N) is 1. The number of nitrogen functional groups attached to an aromatic ring is 1. The molecule has 0 radical (unpaired) electrons. The molecule has 1 aromatic heterocycles. The summed E-state index contributed by atoms with van der Waals surface area (Å²) in [4.78, 5) is 59.9. The molecule has 0 bridgehead atoms. The third-order valence-electron chi connectivity index (χ3n) is 4.61. The molecule has 2 amide bonds. The van der Waals surface area contributed by atoms with Crippen LogP contribution in [0, 0.1) is 0 Å². The van der Waals surface area contributed by atoms with Crippen LogP contribution in [-0.4, -0.2) is 69.9 Å². The molecule has 12 nitrogen and oxygen atoms in total. The highest BCUT2D eigenvalue weighted by molar-refractivity contribution is 8.00. The first-order valence-electron chi connectivity index (χ1n) is 10.00. The van der Waals surface area contributed by atoms with Gasteiger partial charge in [-0.2, -0.15) is 0 Å². The fraction of sp³-hybridized carbons (Fsp3) is 0.400. The minimum absolute atomic E-state index is 0.0365. The number of carbonyl (C=O) groups is 4. The van der Waals surface area contributed by atoms with E-state index in [0.717, 1.165) is 11.3 Å². The highest BCUT2D eigenvalue weighted by Gasteiger charge is 2.54. The third-order valence-corrected chi connectivity index (χ3v) is 6.59.